The second kappa shape index (κ2) is 8.97. The third-order valence-corrected chi connectivity index (χ3v) is 4.26. The number of esters is 1. The largest absolute Gasteiger partial charge is 0.493 e. The summed E-state index contributed by atoms with van der Waals surface area (Å²) in [6.07, 6.45) is 3.10. The van der Waals surface area contributed by atoms with E-state index in [0.29, 0.717) is 28.1 Å². The average molecular weight is 394 g/mol. The van der Waals surface area contributed by atoms with E-state index in [9.17, 15) is 9.59 Å². The van der Waals surface area contributed by atoms with Crippen molar-refractivity contribution in [1.29, 1.82) is 0 Å². The van der Waals surface area contributed by atoms with Crippen molar-refractivity contribution >= 4 is 34.5 Å². The second-order valence-corrected chi connectivity index (χ2v) is 6.08. The number of fused-ring (bicyclic) bond motifs is 1. The number of amides is 1. The lowest BCUT2D eigenvalue weighted by Gasteiger charge is -2.08. The maximum atomic E-state index is 12.5. The highest BCUT2D eigenvalue weighted by molar-refractivity contribution is 6.14. The zero-order chi connectivity index (χ0) is 20.8. The molecule has 0 spiro atoms. The van der Waals surface area contributed by atoms with Gasteiger partial charge in [0.1, 0.15) is 5.69 Å². The minimum atomic E-state index is -0.566. The number of hydrogen-bond donors (Lipinski definition) is 2. The first-order valence-corrected chi connectivity index (χ1v) is 9.06. The van der Waals surface area contributed by atoms with Crippen molar-refractivity contribution in [2.75, 3.05) is 26.1 Å². The van der Waals surface area contributed by atoms with E-state index in [1.54, 1.807) is 25.1 Å². The van der Waals surface area contributed by atoms with Crippen molar-refractivity contribution in [2.24, 2.45) is 0 Å². The smallest absolute Gasteiger partial charge is 0.356 e. The van der Waals surface area contributed by atoms with Crippen molar-refractivity contribution in [3.05, 3.63) is 59.8 Å². The average Bonchev–Trinajstić information content (AvgIpc) is 3.09. The van der Waals surface area contributed by atoms with Gasteiger partial charge in [0.15, 0.2) is 11.5 Å². The molecular formula is C22H22N2O5. The Morgan fingerprint density at radius 1 is 1.07 bits per heavy atom. The van der Waals surface area contributed by atoms with E-state index >= 15 is 0 Å². The molecule has 0 aliphatic rings. The zero-order valence-corrected chi connectivity index (χ0v) is 16.4. The normalized spacial score (nSPS) is 10.9. The van der Waals surface area contributed by atoms with Gasteiger partial charge in [-0.15, -0.1) is 0 Å². The third-order valence-electron chi connectivity index (χ3n) is 4.26. The lowest BCUT2D eigenvalue weighted by Crippen LogP contribution is -2.13. The number of carbonyl (C=O) groups is 2. The van der Waals surface area contributed by atoms with Crippen LogP contribution in [0.15, 0.2) is 48.5 Å². The van der Waals surface area contributed by atoms with Gasteiger partial charge in [0.25, 0.3) is 0 Å². The Balaban J connectivity index is 2.01. The number of aromatic nitrogens is 1. The Morgan fingerprint density at radius 2 is 1.76 bits per heavy atom. The number of rotatable bonds is 7. The van der Waals surface area contributed by atoms with Crippen LogP contribution in [0.4, 0.5) is 5.69 Å². The lowest BCUT2D eigenvalue weighted by atomic mass is 10.2. The number of H-pyrrole nitrogens is 1. The molecule has 3 rings (SSSR count). The number of anilines is 1. The van der Waals surface area contributed by atoms with Crippen molar-refractivity contribution in [2.45, 2.75) is 6.92 Å². The van der Waals surface area contributed by atoms with Crippen molar-refractivity contribution in [3.8, 4) is 11.5 Å². The van der Waals surface area contributed by atoms with Gasteiger partial charge in [-0.3, -0.25) is 4.79 Å². The highest BCUT2D eigenvalue weighted by atomic mass is 16.5. The van der Waals surface area contributed by atoms with E-state index in [4.69, 9.17) is 14.2 Å². The van der Waals surface area contributed by atoms with Gasteiger partial charge in [0, 0.05) is 17.5 Å². The summed E-state index contributed by atoms with van der Waals surface area (Å²) >= 11 is 0. The van der Waals surface area contributed by atoms with Crippen LogP contribution in [-0.2, 0) is 9.53 Å². The van der Waals surface area contributed by atoms with Gasteiger partial charge in [0.05, 0.1) is 32.0 Å². The Hall–Kier alpha value is -3.74. The van der Waals surface area contributed by atoms with Gasteiger partial charge in [-0.1, -0.05) is 30.3 Å². The number of methoxy groups -OCH3 is 2. The summed E-state index contributed by atoms with van der Waals surface area (Å²) in [5.74, 6) is 0.0299. The minimum Gasteiger partial charge on any atom is -0.493 e. The quantitative estimate of drug-likeness (QED) is 0.467. The van der Waals surface area contributed by atoms with E-state index in [2.05, 4.69) is 10.3 Å². The highest BCUT2D eigenvalue weighted by Crippen LogP contribution is 2.37. The molecule has 150 valence electrons. The molecule has 7 heteroatoms. The molecule has 1 heterocycles. The highest BCUT2D eigenvalue weighted by Gasteiger charge is 2.22. The van der Waals surface area contributed by atoms with Crippen LogP contribution in [-0.4, -0.2) is 37.7 Å². The Kier molecular flexibility index (Phi) is 6.19. The van der Waals surface area contributed by atoms with Crippen LogP contribution in [0.3, 0.4) is 0 Å². The molecule has 0 fully saturated rings. The van der Waals surface area contributed by atoms with Crippen LogP contribution in [0.25, 0.3) is 17.0 Å². The molecule has 0 unspecified atom stereocenters. The van der Waals surface area contributed by atoms with Gasteiger partial charge in [-0.25, -0.2) is 4.79 Å². The molecule has 0 saturated carbocycles. The molecule has 2 N–H and O–H groups in total. The van der Waals surface area contributed by atoms with Crippen LogP contribution in [0.5, 0.6) is 11.5 Å². The van der Waals surface area contributed by atoms with Crippen molar-refractivity contribution in [1.82, 2.24) is 4.98 Å². The van der Waals surface area contributed by atoms with Gasteiger partial charge in [-0.2, -0.15) is 0 Å². The van der Waals surface area contributed by atoms with Gasteiger partial charge >= 0.3 is 5.97 Å². The predicted octanol–water partition coefficient (Wildman–Crippen LogP) is 4.01. The molecule has 0 aliphatic heterocycles. The van der Waals surface area contributed by atoms with Crippen LogP contribution < -0.4 is 14.8 Å². The van der Waals surface area contributed by atoms with E-state index in [1.807, 2.05) is 30.3 Å². The zero-order valence-electron chi connectivity index (χ0n) is 16.4. The summed E-state index contributed by atoms with van der Waals surface area (Å²) in [5, 5.41) is 3.38. The molecule has 1 aromatic heterocycles. The topological polar surface area (TPSA) is 89.7 Å². The molecule has 3 aromatic rings. The van der Waals surface area contributed by atoms with E-state index in [-0.39, 0.29) is 18.2 Å². The van der Waals surface area contributed by atoms with Crippen LogP contribution in [0.1, 0.15) is 23.0 Å². The standard InChI is InChI=1S/C22H22N2O5/c1-4-29-22(26)21-20(24-19(25)11-10-14-8-6-5-7-9-14)15-12-17(27-2)18(28-3)13-16(15)23-21/h5-13,23H,4H2,1-3H3,(H,24,25). The Morgan fingerprint density at radius 3 is 2.41 bits per heavy atom. The second-order valence-electron chi connectivity index (χ2n) is 6.08. The Bertz CT molecular complexity index is 1050. The number of carbonyl (C=O) groups excluding carboxylic acids is 2. The summed E-state index contributed by atoms with van der Waals surface area (Å²) in [4.78, 5) is 27.9. The van der Waals surface area contributed by atoms with Crippen LogP contribution >= 0.6 is 0 Å². The summed E-state index contributed by atoms with van der Waals surface area (Å²) in [6, 6.07) is 12.8. The number of hydrogen-bond acceptors (Lipinski definition) is 5. The van der Waals surface area contributed by atoms with Crippen LogP contribution in [0.2, 0.25) is 0 Å². The fourth-order valence-corrected chi connectivity index (χ4v) is 2.91. The number of ether oxygens (including phenoxy) is 3. The first kappa shape index (κ1) is 20.0. The molecule has 0 radical (unpaired) electrons. The molecule has 1 amide bonds. The number of benzene rings is 2. The Labute approximate surface area is 168 Å². The van der Waals surface area contributed by atoms with Crippen molar-refractivity contribution < 1.29 is 23.8 Å². The molecular weight excluding hydrogens is 372 g/mol. The summed E-state index contributed by atoms with van der Waals surface area (Å²) in [5.41, 5.74) is 1.97. The molecule has 0 atom stereocenters. The predicted molar refractivity (Wildman–Crippen MR) is 111 cm³/mol. The first-order chi connectivity index (χ1) is 14.1. The fraction of sp³-hybridized carbons (Fsp3) is 0.182. The third kappa shape index (κ3) is 4.40. The summed E-state index contributed by atoms with van der Waals surface area (Å²) in [7, 11) is 3.04. The maximum Gasteiger partial charge on any atom is 0.356 e. The molecule has 0 aliphatic carbocycles. The monoisotopic (exact) mass is 394 g/mol. The molecule has 29 heavy (non-hydrogen) atoms. The lowest BCUT2D eigenvalue weighted by molar-refractivity contribution is -0.111. The summed E-state index contributed by atoms with van der Waals surface area (Å²) in [6.45, 7) is 1.93. The molecule has 0 bridgehead atoms. The van der Waals surface area contributed by atoms with Crippen molar-refractivity contribution in [3.63, 3.8) is 0 Å². The summed E-state index contributed by atoms with van der Waals surface area (Å²) < 4.78 is 15.8. The first-order valence-electron chi connectivity index (χ1n) is 9.06. The number of nitrogens with one attached hydrogen (secondary N) is 2. The van der Waals surface area contributed by atoms with Gasteiger partial charge in [-0.05, 0) is 24.6 Å². The van der Waals surface area contributed by atoms with E-state index in [0.717, 1.165) is 5.56 Å². The minimum absolute atomic E-state index is 0.151. The molecule has 7 nitrogen and oxygen atoms in total. The maximum absolute atomic E-state index is 12.5. The number of aromatic amines is 1. The van der Waals surface area contributed by atoms with Crippen LogP contribution in [0, 0.1) is 0 Å². The van der Waals surface area contributed by atoms with E-state index < -0.39 is 5.97 Å². The van der Waals surface area contributed by atoms with E-state index in [1.165, 1.54) is 20.3 Å². The fourth-order valence-electron chi connectivity index (χ4n) is 2.91. The van der Waals surface area contributed by atoms with Gasteiger partial charge < -0.3 is 24.5 Å². The SMILES string of the molecule is CCOC(=O)c1[nH]c2cc(OC)c(OC)cc2c1NC(=O)C=Cc1ccccc1. The molecule has 0 saturated heterocycles. The molecule has 2 aromatic carbocycles. The van der Waals surface area contributed by atoms with Gasteiger partial charge in [0.2, 0.25) is 5.91 Å².